The van der Waals surface area contributed by atoms with Crippen molar-refractivity contribution in [3.8, 4) is 17.2 Å². The van der Waals surface area contributed by atoms with E-state index >= 15 is 0 Å². The first-order chi connectivity index (χ1) is 14.5. The molecule has 0 atom stereocenters. The van der Waals surface area contributed by atoms with Crippen LogP contribution in [-0.4, -0.2) is 38.8 Å². The van der Waals surface area contributed by atoms with E-state index in [0.717, 1.165) is 17.6 Å². The number of benzene rings is 2. The van der Waals surface area contributed by atoms with Gasteiger partial charge in [-0.25, -0.2) is 0 Å². The van der Waals surface area contributed by atoms with Crippen molar-refractivity contribution in [2.45, 2.75) is 13.8 Å². The third-order valence-corrected chi connectivity index (χ3v) is 4.28. The zero-order chi connectivity index (χ0) is 22.2. The second kappa shape index (κ2) is 14.8. The van der Waals surface area contributed by atoms with Crippen LogP contribution in [0.3, 0.4) is 0 Å². The van der Waals surface area contributed by atoms with Crippen molar-refractivity contribution < 1.29 is 23.7 Å². The summed E-state index contributed by atoms with van der Waals surface area (Å²) >= 11 is 4.99. The number of carbonyl (C=O) groups is 1. The lowest BCUT2D eigenvalue weighted by Gasteiger charge is -2.09. The predicted molar refractivity (Wildman–Crippen MR) is 124 cm³/mol. The van der Waals surface area contributed by atoms with E-state index in [1.54, 1.807) is 27.2 Å². The number of thiocarbonyl (C=S) groups is 1. The Kier molecular flexibility index (Phi) is 12.3. The first-order valence-corrected chi connectivity index (χ1v) is 9.73. The first kappa shape index (κ1) is 24.9. The van der Waals surface area contributed by atoms with E-state index in [0.29, 0.717) is 35.3 Å². The average molecular weight is 429 g/mol. The van der Waals surface area contributed by atoms with Gasteiger partial charge >= 0.3 is 0 Å². The molecule has 2 rings (SSSR count). The molecule has 0 bridgehead atoms. The molecule has 0 amide bonds. The van der Waals surface area contributed by atoms with Crippen molar-refractivity contribution in [2.24, 2.45) is 0 Å². The lowest BCUT2D eigenvalue weighted by atomic mass is 10.3. The highest BCUT2D eigenvalue weighted by molar-refractivity contribution is 7.80. The zero-order valence-electron chi connectivity index (χ0n) is 17.8. The molecular weight excluding hydrogens is 400 g/mol. The van der Waals surface area contributed by atoms with Gasteiger partial charge in [0.15, 0.2) is 16.5 Å². The molecule has 0 aliphatic carbocycles. The van der Waals surface area contributed by atoms with Crippen LogP contribution in [0.1, 0.15) is 13.8 Å². The minimum Gasteiger partial charge on any atom is -0.493 e. The standard InChI is InChI=1S/C13H16O3S.C11H12O2/c1-10(13(17)15-3)8-9-16-12-7-5-4-6-11(12)14-2;1-10(9-12)7-8-13-11-5-3-2-4-6-11/h4-8H,9H2,1-3H3;2-7,9H,8H2,1H3/b10-8+;10-7+. The van der Waals surface area contributed by atoms with Crippen molar-refractivity contribution in [1.29, 1.82) is 0 Å². The third-order valence-electron chi connectivity index (χ3n) is 3.79. The Bertz CT molecular complexity index is 844. The highest BCUT2D eigenvalue weighted by atomic mass is 32.1. The van der Waals surface area contributed by atoms with Gasteiger partial charge in [-0.15, -0.1) is 0 Å². The summed E-state index contributed by atoms with van der Waals surface area (Å²) in [5.41, 5.74) is 1.58. The van der Waals surface area contributed by atoms with E-state index in [4.69, 9.17) is 31.2 Å². The van der Waals surface area contributed by atoms with Gasteiger partial charge in [0.2, 0.25) is 0 Å². The van der Waals surface area contributed by atoms with E-state index < -0.39 is 0 Å². The highest BCUT2D eigenvalue weighted by Crippen LogP contribution is 2.25. The lowest BCUT2D eigenvalue weighted by molar-refractivity contribution is -0.104. The van der Waals surface area contributed by atoms with E-state index in [-0.39, 0.29) is 0 Å². The van der Waals surface area contributed by atoms with Crippen molar-refractivity contribution in [3.05, 3.63) is 77.9 Å². The molecule has 5 nitrogen and oxygen atoms in total. The molecule has 0 aromatic heterocycles. The largest absolute Gasteiger partial charge is 0.493 e. The van der Waals surface area contributed by atoms with Crippen molar-refractivity contribution in [1.82, 2.24) is 0 Å². The summed E-state index contributed by atoms with van der Waals surface area (Å²) < 4.78 is 21.0. The summed E-state index contributed by atoms with van der Waals surface area (Å²) in [5, 5.41) is 0.480. The fourth-order valence-corrected chi connectivity index (χ4v) is 2.16. The van der Waals surface area contributed by atoms with Gasteiger partial charge in [0.05, 0.1) is 14.2 Å². The van der Waals surface area contributed by atoms with Crippen molar-refractivity contribution >= 4 is 23.6 Å². The molecule has 0 aliphatic rings. The number of carbonyl (C=O) groups excluding carboxylic acids is 1. The predicted octanol–water partition coefficient (Wildman–Crippen LogP) is 5.20. The molecule has 0 fully saturated rings. The van der Waals surface area contributed by atoms with Crippen LogP contribution in [0.15, 0.2) is 77.9 Å². The van der Waals surface area contributed by atoms with E-state index in [2.05, 4.69) is 0 Å². The summed E-state index contributed by atoms with van der Waals surface area (Å²) in [5.74, 6) is 2.24. The molecule has 0 N–H and O–H groups in total. The zero-order valence-corrected chi connectivity index (χ0v) is 18.6. The SMILES string of the molecule is C/C(C=O)=C\COc1ccccc1.COC(=S)/C(C)=C/COc1ccccc1OC. The molecule has 2 aromatic rings. The summed E-state index contributed by atoms with van der Waals surface area (Å²) in [6, 6.07) is 17.0. The van der Waals surface area contributed by atoms with Crippen LogP contribution >= 0.6 is 12.2 Å². The van der Waals surface area contributed by atoms with Crippen LogP contribution in [0.2, 0.25) is 0 Å². The normalized spacial score (nSPS) is 10.9. The van der Waals surface area contributed by atoms with Gasteiger partial charge < -0.3 is 18.9 Å². The topological polar surface area (TPSA) is 54.0 Å². The smallest absolute Gasteiger partial charge is 0.186 e. The molecule has 0 unspecified atom stereocenters. The Balaban J connectivity index is 0.000000311. The molecule has 0 saturated carbocycles. The summed E-state index contributed by atoms with van der Waals surface area (Å²) in [6.45, 7) is 4.50. The monoisotopic (exact) mass is 428 g/mol. The molecule has 0 saturated heterocycles. The quantitative estimate of drug-likeness (QED) is 0.311. The van der Waals surface area contributed by atoms with E-state index in [1.165, 1.54) is 0 Å². The van der Waals surface area contributed by atoms with Gasteiger partial charge in [-0.05, 0) is 68.1 Å². The number of rotatable bonds is 9. The van der Waals surface area contributed by atoms with Gasteiger partial charge in [0.1, 0.15) is 25.2 Å². The minimum atomic E-state index is 0.426. The maximum Gasteiger partial charge on any atom is 0.186 e. The van der Waals surface area contributed by atoms with Gasteiger partial charge in [-0.2, -0.15) is 0 Å². The van der Waals surface area contributed by atoms with Crippen LogP contribution in [-0.2, 0) is 9.53 Å². The Labute approximate surface area is 183 Å². The number of aldehydes is 1. The molecule has 0 aliphatic heterocycles. The molecule has 0 spiro atoms. The molecule has 0 radical (unpaired) electrons. The number of para-hydroxylation sites is 3. The number of ether oxygens (including phenoxy) is 4. The van der Waals surface area contributed by atoms with E-state index in [1.807, 2.05) is 67.6 Å². The maximum atomic E-state index is 10.2. The number of methoxy groups -OCH3 is 2. The van der Waals surface area contributed by atoms with Gasteiger partial charge in [-0.3, -0.25) is 4.79 Å². The second-order valence-corrected chi connectivity index (χ2v) is 6.40. The molecule has 6 heteroatoms. The number of hydrogen-bond donors (Lipinski definition) is 0. The molecule has 160 valence electrons. The Morgan fingerprint density at radius 3 is 2.07 bits per heavy atom. The van der Waals surface area contributed by atoms with Crippen LogP contribution in [0.5, 0.6) is 17.2 Å². The molecule has 0 heterocycles. The number of hydrogen-bond acceptors (Lipinski definition) is 6. The van der Waals surface area contributed by atoms with Crippen LogP contribution in [0.25, 0.3) is 0 Å². The maximum absolute atomic E-state index is 10.2. The van der Waals surface area contributed by atoms with Crippen LogP contribution in [0, 0.1) is 0 Å². The first-order valence-electron chi connectivity index (χ1n) is 9.32. The lowest BCUT2D eigenvalue weighted by Crippen LogP contribution is -2.02. The van der Waals surface area contributed by atoms with Crippen molar-refractivity contribution in [2.75, 3.05) is 27.4 Å². The van der Waals surface area contributed by atoms with Gasteiger partial charge in [0, 0.05) is 5.57 Å². The Morgan fingerprint density at radius 1 is 0.867 bits per heavy atom. The van der Waals surface area contributed by atoms with Crippen LogP contribution < -0.4 is 14.2 Å². The Morgan fingerprint density at radius 2 is 1.47 bits per heavy atom. The fraction of sp³-hybridized carbons (Fsp3) is 0.250. The minimum absolute atomic E-state index is 0.426. The molecular formula is C24H28O5S. The second-order valence-electron chi connectivity index (χ2n) is 6.03. The third kappa shape index (κ3) is 9.89. The Hall–Kier alpha value is -3.12. The number of allylic oxidation sites excluding steroid dienone is 1. The van der Waals surface area contributed by atoms with Crippen LogP contribution in [0.4, 0.5) is 0 Å². The fourth-order valence-electron chi connectivity index (χ4n) is 2.07. The summed E-state index contributed by atoms with van der Waals surface area (Å²) in [7, 11) is 3.17. The summed E-state index contributed by atoms with van der Waals surface area (Å²) in [6.07, 6.45) is 4.44. The molecule has 30 heavy (non-hydrogen) atoms. The van der Waals surface area contributed by atoms with Gasteiger partial charge in [0.25, 0.3) is 0 Å². The van der Waals surface area contributed by atoms with Crippen molar-refractivity contribution in [3.63, 3.8) is 0 Å². The summed E-state index contributed by atoms with van der Waals surface area (Å²) in [4.78, 5) is 10.2. The van der Waals surface area contributed by atoms with E-state index in [9.17, 15) is 4.79 Å². The average Bonchev–Trinajstić information content (AvgIpc) is 2.79. The molecule has 2 aromatic carbocycles. The van der Waals surface area contributed by atoms with Gasteiger partial charge in [-0.1, -0.05) is 30.3 Å². The highest BCUT2D eigenvalue weighted by Gasteiger charge is 2.02.